The van der Waals surface area contributed by atoms with Crippen LogP contribution in [0.5, 0.6) is 0 Å². The van der Waals surface area contributed by atoms with Crippen LogP contribution in [-0.2, 0) is 0 Å². The van der Waals surface area contributed by atoms with Crippen LogP contribution in [0.4, 0.5) is 0 Å². The molecular formula is C9H15IN2. The van der Waals surface area contributed by atoms with Crippen LogP contribution in [0.1, 0.15) is 26.2 Å². The van der Waals surface area contributed by atoms with Gasteiger partial charge in [-0.1, -0.05) is 29.5 Å². The molecule has 0 amide bonds. The van der Waals surface area contributed by atoms with Crippen LogP contribution in [0, 0.1) is 11.3 Å². The predicted octanol–water partition coefficient (Wildman–Crippen LogP) is 2.19. The van der Waals surface area contributed by atoms with Gasteiger partial charge in [-0.15, -0.1) is 0 Å². The average molecular weight is 278 g/mol. The minimum Gasteiger partial charge on any atom is -0.302 e. The molecule has 0 aromatic rings. The van der Waals surface area contributed by atoms with Crippen LogP contribution < -0.4 is 0 Å². The molecule has 0 spiro atoms. The summed E-state index contributed by atoms with van der Waals surface area (Å²) in [6, 6.07) is 2.19. The summed E-state index contributed by atoms with van der Waals surface area (Å²) >= 11 is 2.55. The Morgan fingerprint density at radius 3 is 2.58 bits per heavy atom. The molecule has 2 nitrogen and oxygen atoms in total. The third-order valence-corrected chi connectivity index (χ3v) is 3.52. The number of hydrogen-bond donors (Lipinski definition) is 0. The van der Waals surface area contributed by atoms with Crippen molar-refractivity contribution >= 4 is 22.6 Å². The van der Waals surface area contributed by atoms with Crippen molar-refractivity contribution in [2.45, 2.75) is 29.6 Å². The molecule has 1 saturated heterocycles. The van der Waals surface area contributed by atoms with Crippen molar-refractivity contribution in [3.8, 4) is 6.07 Å². The maximum Gasteiger partial charge on any atom is 0.0635 e. The fourth-order valence-corrected chi connectivity index (χ4v) is 1.93. The monoisotopic (exact) mass is 278 g/mol. The van der Waals surface area contributed by atoms with Gasteiger partial charge in [0.05, 0.1) is 6.07 Å². The molecule has 0 aromatic heterocycles. The quantitative estimate of drug-likeness (QED) is 0.572. The Morgan fingerprint density at radius 2 is 2.08 bits per heavy atom. The van der Waals surface area contributed by atoms with E-state index in [1.54, 1.807) is 0 Å². The first-order chi connectivity index (χ1) is 5.64. The summed E-state index contributed by atoms with van der Waals surface area (Å²) in [5.41, 5.74) is 0. The van der Waals surface area contributed by atoms with E-state index in [4.69, 9.17) is 5.26 Å². The van der Waals surface area contributed by atoms with E-state index >= 15 is 0 Å². The van der Waals surface area contributed by atoms with Crippen LogP contribution >= 0.6 is 22.6 Å². The zero-order valence-corrected chi connectivity index (χ0v) is 9.67. The Morgan fingerprint density at radius 1 is 1.50 bits per heavy atom. The smallest absolute Gasteiger partial charge is 0.0635 e. The van der Waals surface area contributed by atoms with Crippen molar-refractivity contribution < 1.29 is 0 Å². The summed E-state index contributed by atoms with van der Waals surface area (Å²) in [6.45, 7) is 5.61. The highest BCUT2D eigenvalue weighted by Gasteiger charge is 2.26. The van der Waals surface area contributed by atoms with Gasteiger partial charge in [0.2, 0.25) is 0 Å². The molecule has 0 N–H and O–H groups in total. The van der Waals surface area contributed by atoms with Crippen LogP contribution in [0.2, 0.25) is 0 Å². The fourth-order valence-electron chi connectivity index (χ4n) is 1.45. The molecule has 68 valence electrons. The number of likely N-dealkylation sites (tertiary alicyclic amines) is 1. The van der Waals surface area contributed by atoms with Crippen molar-refractivity contribution in [1.82, 2.24) is 4.90 Å². The highest BCUT2D eigenvalue weighted by Crippen LogP contribution is 2.30. The molecule has 1 rings (SSSR count). The van der Waals surface area contributed by atoms with Crippen LogP contribution in [-0.4, -0.2) is 28.0 Å². The molecule has 1 heterocycles. The maximum absolute atomic E-state index is 8.42. The summed E-state index contributed by atoms with van der Waals surface area (Å²) < 4.78 is 0.501. The van der Waals surface area contributed by atoms with E-state index in [2.05, 4.69) is 40.5 Å². The number of rotatable bonds is 2. The van der Waals surface area contributed by atoms with Gasteiger partial charge >= 0.3 is 0 Å². The van der Waals surface area contributed by atoms with Crippen molar-refractivity contribution in [1.29, 1.82) is 5.26 Å². The zero-order valence-electron chi connectivity index (χ0n) is 7.52. The second-order valence-corrected chi connectivity index (χ2v) is 6.27. The number of hydrogen-bond acceptors (Lipinski definition) is 2. The first-order valence-electron chi connectivity index (χ1n) is 4.42. The molecule has 1 aliphatic rings. The SMILES string of the molecule is CC1(I)CCN(CCC#N)CC1. The molecule has 0 aromatic carbocycles. The van der Waals surface area contributed by atoms with E-state index in [1.165, 1.54) is 25.9 Å². The summed E-state index contributed by atoms with van der Waals surface area (Å²) in [7, 11) is 0. The predicted molar refractivity (Wildman–Crippen MR) is 58.3 cm³/mol. The standard InChI is InChI=1S/C9H15IN2/c1-9(10)3-7-12(8-4-9)6-2-5-11/h2-4,6-8H2,1H3. The van der Waals surface area contributed by atoms with Crippen molar-refractivity contribution in [3.05, 3.63) is 0 Å². The lowest BCUT2D eigenvalue weighted by Crippen LogP contribution is -2.39. The molecule has 0 saturated carbocycles. The Bertz CT molecular complexity index is 173. The molecule has 12 heavy (non-hydrogen) atoms. The number of nitrogens with zero attached hydrogens (tertiary/aromatic N) is 2. The second-order valence-electron chi connectivity index (χ2n) is 3.66. The lowest BCUT2D eigenvalue weighted by atomic mass is 9.99. The van der Waals surface area contributed by atoms with Gasteiger partial charge in [0.25, 0.3) is 0 Å². The van der Waals surface area contributed by atoms with Gasteiger partial charge in [-0.25, -0.2) is 0 Å². The molecule has 1 aliphatic heterocycles. The highest BCUT2D eigenvalue weighted by molar-refractivity contribution is 14.1. The molecule has 1 fully saturated rings. The summed E-state index contributed by atoms with van der Waals surface area (Å²) in [5, 5.41) is 8.42. The van der Waals surface area contributed by atoms with Crippen LogP contribution in [0.25, 0.3) is 0 Å². The van der Waals surface area contributed by atoms with Crippen molar-refractivity contribution in [3.63, 3.8) is 0 Å². The van der Waals surface area contributed by atoms with Crippen LogP contribution in [0.15, 0.2) is 0 Å². The Kier molecular flexibility index (Phi) is 3.78. The lowest BCUT2D eigenvalue weighted by molar-refractivity contribution is 0.216. The molecule has 0 atom stereocenters. The lowest BCUT2D eigenvalue weighted by Gasteiger charge is -2.35. The maximum atomic E-state index is 8.42. The largest absolute Gasteiger partial charge is 0.302 e. The number of nitriles is 1. The van der Waals surface area contributed by atoms with E-state index in [0.717, 1.165) is 6.54 Å². The Labute approximate surface area is 88.1 Å². The Balaban J connectivity index is 2.23. The Hall–Kier alpha value is 0.180. The van der Waals surface area contributed by atoms with E-state index in [1.807, 2.05) is 0 Å². The number of halogens is 1. The molecule has 0 unspecified atom stereocenters. The first-order valence-corrected chi connectivity index (χ1v) is 5.50. The normalized spacial score (nSPS) is 23.4. The minimum atomic E-state index is 0.501. The highest BCUT2D eigenvalue weighted by atomic mass is 127. The third-order valence-electron chi connectivity index (χ3n) is 2.44. The summed E-state index contributed by atoms with van der Waals surface area (Å²) in [6.07, 6.45) is 3.20. The van der Waals surface area contributed by atoms with Gasteiger partial charge < -0.3 is 4.90 Å². The van der Waals surface area contributed by atoms with Gasteiger partial charge in [-0.05, 0) is 25.9 Å². The molecular weight excluding hydrogens is 263 g/mol. The molecule has 0 aliphatic carbocycles. The fraction of sp³-hybridized carbons (Fsp3) is 0.889. The molecule has 3 heteroatoms. The van der Waals surface area contributed by atoms with E-state index in [0.29, 0.717) is 9.84 Å². The summed E-state index contributed by atoms with van der Waals surface area (Å²) in [5.74, 6) is 0. The van der Waals surface area contributed by atoms with Gasteiger partial charge in [0.15, 0.2) is 0 Å². The van der Waals surface area contributed by atoms with Gasteiger partial charge in [0.1, 0.15) is 0 Å². The topological polar surface area (TPSA) is 27.0 Å². The second kappa shape index (κ2) is 4.43. The van der Waals surface area contributed by atoms with Crippen molar-refractivity contribution in [2.75, 3.05) is 19.6 Å². The minimum absolute atomic E-state index is 0.501. The summed E-state index contributed by atoms with van der Waals surface area (Å²) in [4.78, 5) is 2.39. The zero-order chi connectivity index (χ0) is 9.03. The van der Waals surface area contributed by atoms with E-state index in [-0.39, 0.29) is 0 Å². The van der Waals surface area contributed by atoms with Gasteiger partial charge in [-0.2, -0.15) is 5.26 Å². The van der Waals surface area contributed by atoms with Crippen molar-refractivity contribution in [2.24, 2.45) is 0 Å². The van der Waals surface area contributed by atoms with E-state index < -0.39 is 0 Å². The third kappa shape index (κ3) is 3.28. The molecule has 0 radical (unpaired) electrons. The first kappa shape index (κ1) is 10.3. The molecule has 0 bridgehead atoms. The van der Waals surface area contributed by atoms with E-state index in [9.17, 15) is 0 Å². The average Bonchev–Trinajstić information content (AvgIpc) is 2.03. The number of alkyl halides is 1. The van der Waals surface area contributed by atoms with Crippen LogP contribution in [0.3, 0.4) is 0 Å². The number of piperidine rings is 1. The van der Waals surface area contributed by atoms with Gasteiger partial charge in [0, 0.05) is 16.4 Å². The van der Waals surface area contributed by atoms with Gasteiger partial charge in [-0.3, -0.25) is 0 Å².